The average Bonchev–Trinajstić information content (AvgIpc) is 2.68. The minimum absolute atomic E-state index is 0.428. The Kier molecular flexibility index (Phi) is 2.33. The lowest BCUT2D eigenvalue weighted by Crippen LogP contribution is -2.03. The molecule has 0 unspecified atom stereocenters. The molecule has 78 valence electrons. The van der Waals surface area contributed by atoms with Crippen LogP contribution in [0, 0.1) is 3.83 Å². The zero-order chi connectivity index (χ0) is 10.6. The first-order valence-corrected chi connectivity index (χ1v) is 6.85. The summed E-state index contributed by atoms with van der Waals surface area (Å²) in [6.45, 7) is 2.16. The number of thioether (sulfide) groups is 1. The first kappa shape index (κ1) is 10.1. The van der Waals surface area contributed by atoms with E-state index in [0.29, 0.717) is 20.5 Å². The van der Waals surface area contributed by atoms with E-state index in [-0.39, 0.29) is 0 Å². The van der Waals surface area contributed by atoms with Crippen molar-refractivity contribution in [1.29, 1.82) is 0 Å². The quantitative estimate of drug-likeness (QED) is 0.415. The van der Waals surface area contributed by atoms with Gasteiger partial charge in [0.15, 0.2) is 19.8 Å². The second-order valence-electron chi connectivity index (χ2n) is 3.38. The molecule has 7 heteroatoms. The molecular formula is C8H6ClIN4S. The van der Waals surface area contributed by atoms with Gasteiger partial charge in [-0.3, -0.25) is 4.57 Å². The standard InChI is InChI=1S/C8H6ClIN4S/c1-3-2-15-8-11-4-5(9)12-7(10)13-6(4)14(3)8/h3H,2H2,1H3/t3-/m1/s1. The Bertz CT molecular complexity index is 555. The molecule has 2 aromatic rings. The van der Waals surface area contributed by atoms with E-state index >= 15 is 0 Å². The number of rotatable bonds is 0. The maximum atomic E-state index is 6.04. The van der Waals surface area contributed by atoms with E-state index in [0.717, 1.165) is 16.6 Å². The van der Waals surface area contributed by atoms with Gasteiger partial charge in [-0.05, 0) is 6.92 Å². The van der Waals surface area contributed by atoms with Crippen molar-refractivity contribution in [3.63, 3.8) is 0 Å². The van der Waals surface area contributed by atoms with Gasteiger partial charge in [0, 0.05) is 34.4 Å². The molecule has 0 bridgehead atoms. The number of halogens is 2. The first-order chi connectivity index (χ1) is 7.16. The average molecular weight is 353 g/mol. The monoisotopic (exact) mass is 352 g/mol. The van der Waals surface area contributed by atoms with Gasteiger partial charge >= 0.3 is 0 Å². The molecule has 0 fully saturated rings. The van der Waals surface area contributed by atoms with Crippen LogP contribution in [0.25, 0.3) is 11.2 Å². The van der Waals surface area contributed by atoms with Crippen molar-refractivity contribution >= 4 is 57.1 Å². The van der Waals surface area contributed by atoms with Crippen molar-refractivity contribution in [3.8, 4) is 0 Å². The molecule has 3 rings (SSSR count). The fraction of sp³-hybridized carbons (Fsp3) is 0.375. The van der Waals surface area contributed by atoms with Gasteiger partial charge in [-0.1, -0.05) is 23.4 Å². The van der Waals surface area contributed by atoms with Crippen molar-refractivity contribution in [2.24, 2.45) is 0 Å². The summed E-state index contributed by atoms with van der Waals surface area (Å²) in [7, 11) is 0. The minimum atomic E-state index is 0.428. The van der Waals surface area contributed by atoms with Gasteiger partial charge in [0.05, 0.1) is 0 Å². The fourth-order valence-corrected chi connectivity index (χ4v) is 3.58. The van der Waals surface area contributed by atoms with Crippen LogP contribution in [0.3, 0.4) is 0 Å². The van der Waals surface area contributed by atoms with E-state index in [4.69, 9.17) is 11.6 Å². The SMILES string of the molecule is C[C@@H]1CSc2nc3c(Cl)nc(I)nc3n21. The van der Waals surface area contributed by atoms with Crippen molar-refractivity contribution in [2.75, 3.05) is 5.75 Å². The molecule has 0 spiro atoms. The van der Waals surface area contributed by atoms with E-state index in [9.17, 15) is 0 Å². The van der Waals surface area contributed by atoms with Crippen LogP contribution in [-0.2, 0) is 0 Å². The second-order valence-corrected chi connectivity index (χ2v) is 5.69. The smallest absolute Gasteiger partial charge is 0.194 e. The summed E-state index contributed by atoms with van der Waals surface area (Å²) in [5, 5.41) is 1.44. The lowest BCUT2D eigenvalue weighted by atomic mass is 10.4. The summed E-state index contributed by atoms with van der Waals surface area (Å²) >= 11 is 9.84. The second kappa shape index (κ2) is 3.46. The number of imidazole rings is 1. The van der Waals surface area contributed by atoms with Crippen LogP contribution in [0.15, 0.2) is 5.16 Å². The molecule has 1 aliphatic rings. The zero-order valence-corrected chi connectivity index (χ0v) is 11.5. The minimum Gasteiger partial charge on any atom is -0.300 e. The summed E-state index contributed by atoms with van der Waals surface area (Å²) in [5.41, 5.74) is 1.57. The van der Waals surface area contributed by atoms with E-state index < -0.39 is 0 Å². The maximum absolute atomic E-state index is 6.04. The molecule has 15 heavy (non-hydrogen) atoms. The molecular weight excluding hydrogens is 347 g/mol. The predicted octanol–water partition coefficient (Wildman–Crippen LogP) is 2.75. The van der Waals surface area contributed by atoms with Crippen LogP contribution >= 0.6 is 46.0 Å². The molecule has 0 aliphatic carbocycles. The van der Waals surface area contributed by atoms with Crippen LogP contribution in [-0.4, -0.2) is 25.3 Å². The van der Waals surface area contributed by atoms with Gasteiger partial charge in [-0.15, -0.1) is 0 Å². The van der Waals surface area contributed by atoms with Crippen molar-refractivity contribution < 1.29 is 0 Å². The highest BCUT2D eigenvalue weighted by atomic mass is 127. The molecule has 1 atom stereocenters. The maximum Gasteiger partial charge on any atom is 0.194 e. The summed E-state index contributed by atoms with van der Waals surface area (Å²) in [6, 6.07) is 0.428. The molecule has 0 N–H and O–H groups in total. The van der Waals surface area contributed by atoms with E-state index in [1.54, 1.807) is 11.8 Å². The van der Waals surface area contributed by atoms with Gasteiger partial charge in [0.2, 0.25) is 0 Å². The molecule has 0 saturated carbocycles. The highest BCUT2D eigenvalue weighted by Crippen LogP contribution is 2.36. The number of nitrogens with zero attached hydrogens (tertiary/aromatic N) is 4. The molecule has 3 heterocycles. The third-order valence-electron chi connectivity index (χ3n) is 2.33. The van der Waals surface area contributed by atoms with Crippen LogP contribution in [0.2, 0.25) is 5.15 Å². The van der Waals surface area contributed by atoms with Gasteiger partial charge in [-0.2, -0.15) is 0 Å². The lowest BCUT2D eigenvalue weighted by molar-refractivity contribution is 0.596. The normalized spacial score (nSPS) is 19.8. The zero-order valence-electron chi connectivity index (χ0n) is 7.74. The van der Waals surface area contributed by atoms with Gasteiger partial charge in [0.25, 0.3) is 0 Å². The molecule has 1 aliphatic heterocycles. The van der Waals surface area contributed by atoms with Crippen molar-refractivity contribution in [1.82, 2.24) is 19.5 Å². The molecule has 4 nitrogen and oxygen atoms in total. The van der Waals surface area contributed by atoms with E-state index in [1.165, 1.54) is 0 Å². The van der Waals surface area contributed by atoms with Crippen molar-refractivity contribution in [3.05, 3.63) is 8.98 Å². The third kappa shape index (κ3) is 1.45. The Hall–Kier alpha value is -0.0800. The van der Waals surface area contributed by atoms with Crippen LogP contribution in [0.1, 0.15) is 13.0 Å². The Morgan fingerprint density at radius 1 is 1.47 bits per heavy atom. The Labute approximate surface area is 109 Å². The first-order valence-electron chi connectivity index (χ1n) is 4.40. The molecule has 0 saturated heterocycles. The fourth-order valence-electron chi connectivity index (χ4n) is 1.66. The summed E-state index contributed by atoms with van der Waals surface area (Å²) < 4.78 is 2.80. The number of hydrogen-bond donors (Lipinski definition) is 0. The lowest BCUT2D eigenvalue weighted by Gasteiger charge is -2.05. The Balaban J connectivity index is 2.41. The Morgan fingerprint density at radius 2 is 2.27 bits per heavy atom. The summed E-state index contributed by atoms with van der Waals surface area (Å²) in [6.07, 6.45) is 0. The van der Waals surface area contributed by atoms with Gasteiger partial charge < -0.3 is 0 Å². The van der Waals surface area contributed by atoms with Crippen LogP contribution in [0.4, 0.5) is 0 Å². The van der Waals surface area contributed by atoms with Gasteiger partial charge in [0.1, 0.15) is 5.52 Å². The molecule has 0 amide bonds. The number of hydrogen-bond acceptors (Lipinski definition) is 4. The van der Waals surface area contributed by atoms with Crippen LogP contribution < -0.4 is 0 Å². The molecule has 0 radical (unpaired) electrons. The number of aromatic nitrogens is 4. The summed E-state index contributed by atoms with van der Waals surface area (Å²) in [5.74, 6) is 1.05. The van der Waals surface area contributed by atoms with Gasteiger partial charge in [-0.25, -0.2) is 15.0 Å². The highest BCUT2D eigenvalue weighted by Gasteiger charge is 2.25. The highest BCUT2D eigenvalue weighted by molar-refractivity contribution is 14.1. The third-order valence-corrected chi connectivity index (χ3v) is 4.27. The largest absolute Gasteiger partial charge is 0.300 e. The Morgan fingerprint density at radius 3 is 3.07 bits per heavy atom. The summed E-state index contributed by atoms with van der Waals surface area (Å²) in [4.78, 5) is 12.9. The van der Waals surface area contributed by atoms with E-state index in [2.05, 4.69) is 49.0 Å². The van der Waals surface area contributed by atoms with E-state index in [1.807, 2.05) is 0 Å². The van der Waals surface area contributed by atoms with Crippen molar-refractivity contribution in [2.45, 2.75) is 18.1 Å². The molecule has 2 aromatic heterocycles. The topological polar surface area (TPSA) is 43.6 Å². The molecule has 0 aromatic carbocycles. The van der Waals surface area contributed by atoms with Crippen LogP contribution in [0.5, 0.6) is 0 Å². The predicted molar refractivity (Wildman–Crippen MR) is 68.5 cm³/mol. The number of fused-ring (bicyclic) bond motifs is 3.